The number of ether oxygens (including phenoxy) is 5. The number of hydrogen-bond donors (Lipinski definition) is 3. The van der Waals surface area contributed by atoms with Gasteiger partial charge in [-0.3, -0.25) is 14.4 Å². The number of methoxy groups -OCH3 is 4. The topological polar surface area (TPSA) is 164 Å². The van der Waals surface area contributed by atoms with Crippen LogP contribution in [0.2, 0.25) is 0 Å². The summed E-state index contributed by atoms with van der Waals surface area (Å²) in [6.07, 6.45) is -0.736. The fraction of sp³-hybridized carbons (Fsp3) is 0.294. The van der Waals surface area contributed by atoms with Crippen LogP contribution in [0.25, 0.3) is 22.3 Å². The summed E-state index contributed by atoms with van der Waals surface area (Å²) in [5.74, 6) is 0.212. The van der Waals surface area contributed by atoms with Gasteiger partial charge in [0.25, 0.3) is 5.91 Å². The highest BCUT2D eigenvalue weighted by Gasteiger charge is 2.23. The van der Waals surface area contributed by atoms with E-state index in [-0.39, 0.29) is 45.0 Å². The average Bonchev–Trinajstić information content (AvgIpc) is 3.02. The van der Waals surface area contributed by atoms with Crippen LogP contribution in [0.15, 0.2) is 63.8 Å². The van der Waals surface area contributed by atoms with E-state index in [0.717, 1.165) is 0 Å². The maximum atomic E-state index is 13.4. The van der Waals surface area contributed by atoms with Crippen molar-refractivity contribution in [2.45, 2.75) is 39.3 Å². The number of anilines is 2. The van der Waals surface area contributed by atoms with E-state index < -0.39 is 29.6 Å². The molecule has 1 atom stereocenters. The Morgan fingerprint density at radius 1 is 0.787 bits per heavy atom. The molecule has 0 saturated carbocycles. The van der Waals surface area contributed by atoms with Crippen LogP contribution in [-0.2, 0) is 9.53 Å². The van der Waals surface area contributed by atoms with E-state index in [1.165, 1.54) is 53.6 Å². The third-order valence-corrected chi connectivity index (χ3v) is 6.77. The summed E-state index contributed by atoms with van der Waals surface area (Å²) in [5, 5.41) is 8.16. The Kier molecular flexibility index (Phi) is 10.3. The Bertz CT molecular complexity index is 1880. The highest BCUT2D eigenvalue weighted by molar-refractivity contribution is 6.08. The first kappa shape index (κ1) is 34.2. The van der Waals surface area contributed by atoms with Crippen molar-refractivity contribution in [3.8, 4) is 34.3 Å². The number of rotatable bonds is 10. The number of alkyl carbamates (subject to hydrolysis) is 1. The number of carbonyl (C=O) groups is 3. The van der Waals surface area contributed by atoms with Gasteiger partial charge in [-0.15, -0.1) is 0 Å². The van der Waals surface area contributed by atoms with Gasteiger partial charge in [-0.1, -0.05) is 12.1 Å². The molecule has 1 heterocycles. The van der Waals surface area contributed by atoms with Gasteiger partial charge in [0, 0.05) is 29.1 Å². The van der Waals surface area contributed by atoms with Crippen LogP contribution in [0.3, 0.4) is 0 Å². The van der Waals surface area contributed by atoms with Crippen molar-refractivity contribution in [3.63, 3.8) is 0 Å². The summed E-state index contributed by atoms with van der Waals surface area (Å²) >= 11 is 0. The van der Waals surface area contributed by atoms with Crippen LogP contribution in [0, 0.1) is 0 Å². The van der Waals surface area contributed by atoms with E-state index in [4.69, 9.17) is 28.1 Å². The van der Waals surface area contributed by atoms with Crippen LogP contribution in [-0.4, -0.2) is 58.0 Å². The molecule has 1 aromatic heterocycles. The average molecular weight is 648 g/mol. The fourth-order valence-electron chi connectivity index (χ4n) is 4.64. The molecule has 47 heavy (non-hydrogen) atoms. The predicted octanol–water partition coefficient (Wildman–Crippen LogP) is 5.60. The smallest absolute Gasteiger partial charge is 0.408 e. The molecule has 0 radical (unpaired) electrons. The van der Waals surface area contributed by atoms with Crippen LogP contribution in [0.1, 0.15) is 38.1 Å². The Labute approximate surface area is 271 Å². The molecule has 0 aliphatic carbocycles. The minimum absolute atomic E-state index is 0.133. The van der Waals surface area contributed by atoms with Crippen molar-refractivity contribution in [2.75, 3.05) is 39.1 Å². The number of carbonyl (C=O) groups excluding carboxylic acids is 3. The fourth-order valence-corrected chi connectivity index (χ4v) is 4.64. The van der Waals surface area contributed by atoms with Crippen LogP contribution < -0.4 is 40.3 Å². The van der Waals surface area contributed by atoms with Gasteiger partial charge in [0.15, 0.2) is 16.9 Å². The molecule has 3 aromatic carbocycles. The molecular formula is C34H37N3O10. The third kappa shape index (κ3) is 7.93. The summed E-state index contributed by atoms with van der Waals surface area (Å²) in [5.41, 5.74) is 0.463. The summed E-state index contributed by atoms with van der Waals surface area (Å²) in [4.78, 5) is 51.5. The van der Waals surface area contributed by atoms with Crippen LogP contribution >= 0.6 is 0 Å². The minimum atomic E-state index is -0.925. The van der Waals surface area contributed by atoms with E-state index in [0.29, 0.717) is 22.7 Å². The second-order valence-electron chi connectivity index (χ2n) is 11.3. The lowest BCUT2D eigenvalue weighted by Gasteiger charge is -2.21. The summed E-state index contributed by atoms with van der Waals surface area (Å²) in [6.45, 7) is 6.65. The van der Waals surface area contributed by atoms with Crippen molar-refractivity contribution in [1.29, 1.82) is 0 Å². The van der Waals surface area contributed by atoms with Gasteiger partial charge >= 0.3 is 6.09 Å². The lowest BCUT2D eigenvalue weighted by Crippen LogP contribution is -2.44. The first-order chi connectivity index (χ1) is 22.3. The molecule has 3 N–H and O–H groups in total. The first-order valence-electron chi connectivity index (χ1n) is 14.5. The molecule has 0 spiro atoms. The molecule has 0 saturated heterocycles. The standard InChI is InChI=1S/C34H37N3O10/c1-18(35-33(41)47-34(2,3)4)31(39)36-21-12-13-24(42-5)22(15-21)32(40)37-20-11-9-10-19(14-20)25-16-23(38)28-26(46-25)17-27(43-6)29(44-7)30(28)45-8/h9-18H,1-8H3,(H,35,41)(H,36,39)(H,37,40)/t18-/m0/s1. The van der Waals surface area contributed by atoms with Gasteiger partial charge in [-0.25, -0.2) is 4.79 Å². The van der Waals surface area contributed by atoms with Crippen molar-refractivity contribution < 1.29 is 42.5 Å². The highest BCUT2D eigenvalue weighted by Crippen LogP contribution is 2.43. The van der Waals surface area contributed by atoms with E-state index in [9.17, 15) is 19.2 Å². The number of hydrogen-bond acceptors (Lipinski definition) is 10. The number of amides is 3. The van der Waals surface area contributed by atoms with Gasteiger partial charge in [0.2, 0.25) is 11.7 Å². The summed E-state index contributed by atoms with van der Waals surface area (Å²) < 4.78 is 32.9. The number of benzene rings is 3. The molecule has 4 rings (SSSR count). The van der Waals surface area contributed by atoms with E-state index in [2.05, 4.69) is 16.0 Å². The second-order valence-corrected chi connectivity index (χ2v) is 11.3. The van der Waals surface area contributed by atoms with E-state index in [1.807, 2.05) is 0 Å². The van der Waals surface area contributed by atoms with E-state index >= 15 is 0 Å². The largest absolute Gasteiger partial charge is 0.496 e. The highest BCUT2D eigenvalue weighted by atomic mass is 16.6. The Morgan fingerprint density at radius 3 is 2.11 bits per heavy atom. The molecule has 13 nitrogen and oxygen atoms in total. The molecule has 0 bridgehead atoms. The second kappa shape index (κ2) is 14.1. The van der Waals surface area contributed by atoms with Crippen molar-refractivity contribution in [1.82, 2.24) is 5.32 Å². The predicted molar refractivity (Wildman–Crippen MR) is 176 cm³/mol. The summed E-state index contributed by atoms with van der Waals surface area (Å²) in [7, 11) is 5.73. The van der Waals surface area contributed by atoms with Crippen molar-refractivity contribution in [2.24, 2.45) is 0 Å². The molecule has 0 unspecified atom stereocenters. The summed E-state index contributed by atoms with van der Waals surface area (Å²) in [6, 6.07) is 13.2. The molecule has 3 amide bonds. The van der Waals surface area contributed by atoms with Gasteiger partial charge < -0.3 is 44.1 Å². The lowest BCUT2D eigenvalue weighted by molar-refractivity contribution is -0.117. The van der Waals surface area contributed by atoms with Crippen molar-refractivity contribution >= 4 is 40.3 Å². The maximum absolute atomic E-state index is 13.4. The quantitative estimate of drug-likeness (QED) is 0.197. The third-order valence-electron chi connectivity index (χ3n) is 6.77. The van der Waals surface area contributed by atoms with E-state index in [1.54, 1.807) is 57.2 Å². The van der Waals surface area contributed by atoms with Gasteiger partial charge in [-0.2, -0.15) is 0 Å². The molecule has 0 aliphatic rings. The zero-order valence-electron chi connectivity index (χ0n) is 27.4. The van der Waals surface area contributed by atoms with Gasteiger partial charge in [0.1, 0.15) is 34.1 Å². The maximum Gasteiger partial charge on any atom is 0.408 e. The molecule has 248 valence electrons. The van der Waals surface area contributed by atoms with Crippen molar-refractivity contribution in [3.05, 3.63) is 70.4 Å². The van der Waals surface area contributed by atoms with Crippen LogP contribution in [0.5, 0.6) is 23.0 Å². The Hall–Kier alpha value is -5.72. The first-order valence-corrected chi connectivity index (χ1v) is 14.5. The normalized spacial score (nSPS) is 11.7. The SMILES string of the molecule is COc1ccc(NC(=O)[C@H](C)NC(=O)OC(C)(C)C)cc1C(=O)Nc1cccc(-c2cc(=O)c3c(OC)c(OC)c(OC)cc3o2)c1. The number of nitrogens with one attached hydrogen (secondary N) is 3. The molecule has 13 heteroatoms. The zero-order chi connectivity index (χ0) is 34.5. The Morgan fingerprint density at radius 2 is 1.47 bits per heavy atom. The lowest BCUT2D eigenvalue weighted by atomic mass is 10.1. The Balaban J connectivity index is 1.57. The minimum Gasteiger partial charge on any atom is -0.496 e. The molecule has 0 fully saturated rings. The zero-order valence-corrected chi connectivity index (χ0v) is 27.4. The number of fused-ring (bicyclic) bond motifs is 1. The van der Waals surface area contributed by atoms with Gasteiger partial charge in [-0.05, 0) is 58.0 Å². The molecule has 4 aromatic rings. The van der Waals surface area contributed by atoms with Crippen LogP contribution in [0.4, 0.5) is 16.2 Å². The van der Waals surface area contributed by atoms with Gasteiger partial charge in [0.05, 0.1) is 34.0 Å². The molecular weight excluding hydrogens is 610 g/mol. The monoisotopic (exact) mass is 647 g/mol. The molecule has 0 aliphatic heterocycles.